The van der Waals surface area contributed by atoms with Crippen molar-refractivity contribution in [1.82, 2.24) is 0 Å². The van der Waals surface area contributed by atoms with Gasteiger partial charge in [-0.15, -0.1) is 0 Å². The molecule has 0 aliphatic carbocycles. The quantitative estimate of drug-likeness (QED) is 0.578. The highest BCUT2D eigenvalue weighted by Crippen LogP contribution is 2.10. The smallest absolute Gasteiger partial charge is 0.0283 e. The molecule has 4 heteroatoms. The Morgan fingerprint density at radius 2 is 2.27 bits per heavy atom. The fourth-order valence-electron chi connectivity index (χ4n) is 0.732. The van der Waals surface area contributed by atoms with Gasteiger partial charge in [-0.3, -0.25) is 4.21 Å². The Hall–Kier alpha value is -0.190. The summed E-state index contributed by atoms with van der Waals surface area (Å²) in [6, 6.07) is 6.79. The van der Waals surface area contributed by atoms with Gasteiger partial charge < -0.3 is 4.55 Å². The van der Waals surface area contributed by atoms with E-state index >= 15 is 0 Å². The van der Waals surface area contributed by atoms with Gasteiger partial charge in [0.1, 0.15) is 0 Å². The molecule has 0 N–H and O–H groups in total. The van der Waals surface area contributed by atoms with Crippen molar-refractivity contribution in [3.05, 3.63) is 29.8 Å². The molecule has 2 nitrogen and oxygen atoms in total. The van der Waals surface area contributed by atoms with Gasteiger partial charge in [-0.2, -0.15) is 0 Å². The van der Waals surface area contributed by atoms with Gasteiger partial charge in [0.05, 0.1) is 0 Å². The minimum atomic E-state index is -2.11. The predicted octanol–water partition coefficient (Wildman–Crippen LogP) is 1.82. The van der Waals surface area contributed by atoms with E-state index in [-0.39, 0.29) is 0 Å². The second-order valence-corrected chi connectivity index (χ2v) is 3.52. The summed E-state index contributed by atoms with van der Waals surface area (Å²) in [5, 5.41) is 0.679. The van der Waals surface area contributed by atoms with Crippen LogP contribution in [0.15, 0.2) is 29.2 Å². The summed E-state index contributed by atoms with van der Waals surface area (Å²) in [5.74, 6) is 0. The van der Waals surface area contributed by atoms with Crippen LogP contribution in [0.1, 0.15) is 5.56 Å². The van der Waals surface area contributed by atoms with Gasteiger partial charge in [0.2, 0.25) is 0 Å². The number of rotatable bonds is 2. The molecular weight excluding hydrogens is 228 g/mol. The van der Waals surface area contributed by atoms with Gasteiger partial charge in [0, 0.05) is 10.2 Å². The monoisotopic (exact) mass is 233 g/mol. The molecule has 1 unspecified atom stereocenters. The zero-order valence-corrected chi connectivity index (χ0v) is 8.02. The molecule has 11 heavy (non-hydrogen) atoms. The standard InChI is InChI=1S/C7H7BrO2S/c8-5-6-2-1-3-7(4-6)11(9)10/h1-4H,5H2,(H,9,10)/p-1. The van der Waals surface area contributed by atoms with Crippen molar-refractivity contribution in [3.8, 4) is 0 Å². The van der Waals surface area contributed by atoms with Gasteiger partial charge >= 0.3 is 0 Å². The van der Waals surface area contributed by atoms with Gasteiger partial charge in [0.15, 0.2) is 0 Å². The molecule has 0 fully saturated rings. The molecule has 1 aromatic rings. The van der Waals surface area contributed by atoms with E-state index in [0.29, 0.717) is 10.2 Å². The van der Waals surface area contributed by atoms with Crippen LogP contribution in [-0.2, 0) is 16.4 Å². The summed E-state index contributed by atoms with van der Waals surface area (Å²) in [7, 11) is 0. The molecule has 0 heterocycles. The first-order valence-electron chi connectivity index (χ1n) is 2.98. The molecule has 60 valence electrons. The third kappa shape index (κ3) is 2.39. The van der Waals surface area contributed by atoms with E-state index in [9.17, 15) is 8.76 Å². The van der Waals surface area contributed by atoms with Crippen molar-refractivity contribution in [2.45, 2.75) is 10.2 Å². The molecular formula is C7H6BrO2S-. The Kier molecular flexibility index (Phi) is 3.23. The van der Waals surface area contributed by atoms with E-state index in [1.807, 2.05) is 6.07 Å². The highest BCUT2D eigenvalue weighted by Gasteiger charge is 1.93. The molecule has 0 aromatic heterocycles. The van der Waals surface area contributed by atoms with E-state index < -0.39 is 11.1 Å². The Morgan fingerprint density at radius 3 is 2.82 bits per heavy atom. The van der Waals surface area contributed by atoms with Crippen LogP contribution in [0.3, 0.4) is 0 Å². The molecule has 0 amide bonds. The first-order valence-corrected chi connectivity index (χ1v) is 5.18. The van der Waals surface area contributed by atoms with E-state index in [2.05, 4.69) is 15.9 Å². The minimum Gasteiger partial charge on any atom is -0.768 e. The molecule has 0 aliphatic heterocycles. The van der Waals surface area contributed by atoms with Crippen LogP contribution in [0.2, 0.25) is 0 Å². The second kappa shape index (κ2) is 3.99. The number of hydrogen-bond acceptors (Lipinski definition) is 2. The number of benzene rings is 1. The lowest BCUT2D eigenvalue weighted by Crippen LogP contribution is -1.89. The maximum Gasteiger partial charge on any atom is 0.0283 e. The van der Waals surface area contributed by atoms with Crippen LogP contribution in [0.5, 0.6) is 0 Å². The van der Waals surface area contributed by atoms with Crippen LogP contribution in [0.25, 0.3) is 0 Å². The SMILES string of the molecule is O=S([O-])c1cccc(CBr)c1. The Balaban J connectivity index is 3.01. The lowest BCUT2D eigenvalue weighted by atomic mass is 10.2. The first-order chi connectivity index (χ1) is 5.24. The maximum atomic E-state index is 10.5. The summed E-state index contributed by atoms with van der Waals surface area (Å²) < 4.78 is 20.9. The molecule has 1 atom stereocenters. The van der Waals surface area contributed by atoms with Crippen LogP contribution < -0.4 is 0 Å². The number of halogens is 1. The van der Waals surface area contributed by atoms with Crippen molar-refractivity contribution < 1.29 is 8.76 Å². The average Bonchev–Trinajstić information content (AvgIpc) is 2.05. The molecule has 1 aromatic carbocycles. The summed E-state index contributed by atoms with van der Waals surface area (Å²) in [6.07, 6.45) is 0. The number of hydrogen-bond donors (Lipinski definition) is 0. The van der Waals surface area contributed by atoms with Gasteiger partial charge in [-0.1, -0.05) is 28.1 Å². The fraction of sp³-hybridized carbons (Fsp3) is 0.143. The van der Waals surface area contributed by atoms with E-state index in [1.165, 1.54) is 0 Å². The van der Waals surface area contributed by atoms with Crippen molar-refractivity contribution >= 4 is 27.0 Å². The molecule has 1 rings (SSSR count). The summed E-state index contributed by atoms with van der Waals surface area (Å²) in [6.45, 7) is 0. The zero-order chi connectivity index (χ0) is 8.27. The Morgan fingerprint density at radius 1 is 1.55 bits per heavy atom. The largest absolute Gasteiger partial charge is 0.768 e. The number of alkyl halides is 1. The van der Waals surface area contributed by atoms with Crippen LogP contribution in [-0.4, -0.2) is 8.76 Å². The normalized spacial score (nSPS) is 12.9. The Labute approximate surface area is 76.0 Å². The van der Waals surface area contributed by atoms with Crippen LogP contribution >= 0.6 is 15.9 Å². The molecule has 0 saturated carbocycles. The van der Waals surface area contributed by atoms with Crippen molar-refractivity contribution in [1.29, 1.82) is 0 Å². The average molecular weight is 234 g/mol. The molecule has 0 aliphatic rings. The van der Waals surface area contributed by atoms with E-state index in [1.54, 1.807) is 18.2 Å². The Bertz CT molecular complexity index is 275. The molecule has 0 radical (unpaired) electrons. The topological polar surface area (TPSA) is 40.1 Å². The van der Waals surface area contributed by atoms with Gasteiger partial charge in [-0.25, -0.2) is 0 Å². The summed E-state index contributed by atoms with van der Waals surface area (Å²) >= 11 is 1.13. The van der Waals surface area contributed by atoms with Crippen molar-refractivity contribution in [2.24, 2.45) is 0 Å². The lowest BCUT2D eigenvalue weighted by molar-refractivity contribution is 0.537. The minimum absolute atomic E-state index is 0.335. The molecule has 0 spiro atoms. The summed E-state index contributed by atoms with van der Waals surface area (Å²) in [5.41, 5.74) is 0.965. The third-order valence-electron chi connectivity index (χ3n) is 1.25. The van der Waals surface area contributed by atoms with E-state index in [4.69, 9.17) is 0 Å². The van der Waals surface area contributed by atoms with Gasteiger partial charge in [0.25, 0.3) is 0 Å². The predicted molar refractivity (Wildman–Crippen MR) is 46.3 cm³/mol. The lowest BCUT2D eigenvalue weighted by Gasteiger charge is -2.05. The molecule has 0 saturated heterocycles. The maximum absolute atomic E-state index is 10.5. The van der Waals surface area contributed by atoms with Crippen LogP contribution in [0, 0.1) is 0 Å². The van der Waals surface area contributed by atoms with Crippen molar-refractivity contribution in [2.75, 3.05) is 0 Å². The molecule has 0 bridgehead atoms. The fourth-order valence-corrected chi connectivity index (χ4v) is 1.52. The first kappa shape index (κ1) is 8.90. The highest BCUT2D eigenvalue weighted by molar-refractivity contribution is 9.08. The summed E-state index contributed by atoms with van der Waals surface area (Å²) in [4.78, 5) is 0.335. The van der Waals surface area contributed by atoms with Gasteiger partial charge in [-0.05, 0) is 28.8 Å². The highest BCUT2D eigenvalue weighted by atomic mass is 79.9. The van der Waals surface area contributed by atoms with Crippen molar-refractivity contribution in [3.63, 3.8) is 0 Å². The van der Waals surface area contributed by atoms with Crippen LogP contribution in [0.4, 0.5) is 0 Å². The zero-order valence-electron chi connectivity index (χ0n) is 5.62. The third-order valence-corrected chi connectivity index (χ3v) is 2.53. The van der Waals surface area contributed by atoms with E-state index in [0.717, 1.165) is 5.56 Å². The second-order valence-electron chi connectivity index (χ2n) is 2.02.